The van der Waals surface area contributed by atoms with Crippen LogP contribution >= 0.6 is 22.6 Å². The molecule has 2 unspecified atom stereocenters. The molecule has 0 aromatic rings. The van der Waals surface area contributed by atoms with Crippen LogP contribution in [0.15, 0.2) is 23.8 Å². The number of hydrogen-bond acceptors (Lipinski definition) is 0. The van der Waals surface area contributed by atoms with E-state index in [4.69, 9.17) is 0 Å². The van der Waals surface area contributed by atoms with E-state index in [1.165, 1.54) is 24.8 Å². The fraction of sp³-hybridized carbons (Fsp3) is 0.667. The van der Waals surface area contributed by atoms with Crippen molar-refractivity contribution in [3.8, 4) is 0 Å². The number of fused-ring (bicyclic) bond motifs is 1. The molecule has 2 aliphatic carbocycles. The summed E-state index contributed by atoms with van der Waals surface area (Å²) in [5, 5.41) is 0. The Kier molecular flexibility index (Phi) is 2.56. The maximum Gasteiger partial charge on any atom is 0.0469 e. The van der Waals surface area contributed by atoms with Gasteiger partial charge in [0.05, 0.1) is 0 Å². The first-order valence-corrected chi connectivity index (χ1v) is 6.24. The van der Waals surface area contributed by atoms with Gasteiger partial charge in [-0.3, -0.25) is 0 Å². The molecule has 0 amide bonds. The zero-order valence-electron chi connectivity index (χ0n) is 8.39. The summed E-state index contributed by atoms with van der Waals surface area (Å²) < 4.78 is 0.448. The molecule has 0 nitrogen and oxygen atoms in total. The summed E-state index contributed by atoms with van der Waals surface area (Å²) in [6.07, 6.45) is 11.3. The van der Waals surface area contributed by atoms with Crippen molar-refractivity contribution < 1.29 is 0 Å². The molecule has 72 valence electrons. The van der Waals surface area contributed by atoms with E-state index >= 15 is 0 Å². The maximum absolute atomic E-state index is 2.66. The van der Waals surface area contributed by atoms with Crippen LogP contribution in [-0.2, 0) is 0 Å². The molecule has 0 saturated heterocycles. The zero-order valence-corrected chi connectivity index (χ0v) is 10.5. The largest absolute Gasteiger partial charge is 0.0795 e. The van der Waals surface area contributed by atoms with Crippen molar-refractivity contribution in [1.29, 1.82) is 0 Å². The summed E-state index contributed by atoms with van der Waals surface area (Å²) in [5.41, 5.74) is 1.44. The Labute approximate surface area is 94.6 Å². The maximum atomic E-state index is 2.66. The van der Waals surface area contributed by atoms with E-state index in [1.54, 1.807) is 0 Å². The van der Waals surface area contributed by atoms with Gasteiger partial charge < -0.3 is 0 Å². The first-order chi connectivity index (χ1) is 6.10. The molecule has 0 aliphatic heterocycles. The summed E-state index contributed by atoms with van der Waals surface area (Å²) in [6, 6.07) is 0. The number of alkyl halides is 1. The number of halogens is 1. The highest BCUT2D eigenvalue weighted by Gasteiger charge is 2.38. The number of rotatable bonds is 0. The van der Waals surface area contributed by atoms with E-state index in [0.717, 1.165) is 11.8 Å². The third-order valence-electron chi connectivity index (χ3n) is 3.35. The second-order valence-electron chi connectivity index (χ2n) is 4.66. The molecule has 0 radical (unpaired) electrons. The summed E-state index contributed by atoms with van der Waals surface area (Å²) in [6.45, 7) is 4.60. The molecule has 0 heterocycles. The topological polar surface area (TPSA) is 0 Å². The van der Waals surface area contributed by atoms with Crippen molar-refractivity contribution in [2.75, 3.05) is 0 Å². The van der Waals surface area contributed by atoms with E-state index < -0.39 is 0 Å². The average molecular weight is 288 g/mol. The zero-order chi connectivity index (χ0) is 9.47. The highest BCUT2D eigenvalue weighted by molar-refractivity contribution is 14.1. The van der Waals surface area contributed by atoms with Gasteiger partial charge in [0.15, 0.2) is 0 Å². The lowest BCUT2D eigenvalue weighted by atomic mass is 9.72. The molecule has 13 heavy (non-hydrogen) atoms. The van der Waals surface area contributed by atoms with Crippen LogP contribution in [0.2, 0.25) is 0 Å². The molecular weight excluding hydrogens is 271 g/mol. The summed E-state index contributed by atoms with van der Waals surface area (Å²) in [7, 11) is 0. The van der Waals surface area contributed by atoms with E-state index in [-0.39, 0.29) is 0 Å². The van der Waals surface area contributed by atoms with Crippen LogP contribution in [0.4, 0.5) is 0 Å². The lowest BCUT2D eigenvalue weighted by Crippen LogP contribution is -2.35. The fourth-order valence-corrected chi connectivity index (χ4v) is 3.78. The van der Waals surface area contributed by atoms with Gasteiger partial charge in [-0.1, -0.05) is 53.3 Å². The van der Waals surface area contributed by atoms with Gasteiger partial charge in [-0.25, -0.2) is 0 Å². The van der Waals surface area contributed by atoms with E-state index in [2.05, 4.69) is 54.7 Å². The van der Waals surface area contributed by atoms with Gasteiger partial charge >= 0.3 is 0 Å². The molecule has 2 aliphatic rings. The number of hydrogen-bond donors (Lipinski definition) is 0. The van der Waals surface area contributed by atoms with Crippen LogP contribution in [0.3, 0.4) is 0 Å². The molecule has 0 N–H and O–H groups in total. The van der Waals surface area contributed by atoms with Crippen LogP contribution in [0.1, 0.15) is 33.1 Å². The molecular formula is C12H17I. The standard InChI is InChI=1S/C12H17I/c1-9-5-6-12(13)8-10(2)3-4-11(12)7-9/h3-4,8-9,11H,5-7H2,1-2H3/t9?,11?,12-/m0/s1. The predicted octanol–water partition coefficient (Wildman–Crippen LogP) is 4.11. The quantitative estimate of drug-likeness (QED) is 0.465. The minimum Gasteiger partial charge on any atom is -0.0795 e. The molecule has 0 bridgehead atoms. The van der Waals surface area contributed by atoms with Crippen LogP contribution in [0.25, 0.3) is 0 Å². The highest BCUT2D eigenvalue weighted by Crippen LogP contribution is 2.47. The van der Waals surface area contributed by atoms with Gasteiger partial charge in [0.25, 0.3) is 0 Å². The van der Waals surface area contributed by atoms with Crippen LogP contribution in [-0.4, -0.2) is 3.42 Å². The lowest BCUT2D eigenvalue weighted by molar-refractivity contribution is 0.300. The molecule has 0 aromatic carbocycles. The Hall–Kier alpha value is 0.210. The van der Waals surface area contributed by atoms with Gasteiger partial charge in [-0.2, -0.15) is 0 Å². The third-order valence-corrected chi connectivity index (χ3v) is 5.00. The molecule has 2 rings (SSSR count). The molecule has 0 spiro atoms. The van der Waals surface area contributed by atoms with E-state index in [0.29, 0.717) is 3.42 Å². The number of allylic oxidation sites excluding steroid dienone is 4. The van der Waals surface area contributed by atoms with E-state index in [1.807, 2.05) is 0 Å². The monoisotopic (exact) mass is 288 g/mol. The molecule has 1 saturated carbocycles. The Balaban J connectivity index is 2.23. The minimum absolute atomic E-state index is 0.448. The van der Waals surface area contributed by atoms with Crippen molar-refractivity contribution in [2.24, 2.45) is 11.8 Å². The first-order valence-electron chi connectivity index (χ1n) is 5.17. The predicted molar refractivity (Wildman–Crippen MR) is 66.2 cm³/mol. The molecule has 0 aromatic heterocycles. The summed E-state index contributed by atoms with van der Waals surface area (Å²) in [4.78, 5) is 0. The molecule has 1 heteroatoms. The molecule has 3 atom stereocenters. The van der Waals surface area contributed by atoms with Crippen molar-refractivity contribution in [3.63, 3.8) is 0 Å². The van der Waals surface area contributed by atoms with Gasteiger partial charge in [-0.05, 0) is 38.0 Å². The summed E-state index contributed by atoms with van der Waals surface area (Å²) in [5.74, 6) is 1.71. The van der Waals surface area contributed by atoms with Crippen LogP contribution in [0.5, 0.6) is 0 Å². The van der Waals surface area contributed by atoms with Crippen molar-refractivity contribution in [2.45, 2.75) is 36.5 Å². The van der Waals surface area contributed by atoms with Gasteiger partial charge in [0.2, 0.25) is 0 Å². The van der Waals surface area contributed by atoms with Gasteiger partial charge in [0, 0.05) is 3.42 Å². The highest BCUT2D eigenvalue weighted by atomic mass is 127. The third kappa shape index (κ3) is 1.85. The summed E-state index contributed by atoms with van der Waals surface area (Å²) >= 11 is 2.66. The molecule has 1 fully saturated rings. The normalized spacial score (nSPS) is 44.1. The fourth-order valence-electron chi connectivity index (χ4n) is 2.51. The Morgan fingerprint density at radius 2 is 2.31 bits per heavy atom. The lowest BCUT2D eigenvalue weighted by Gasteiger charge is -2.41. The average Bonchev–Trinajstić information content (AvgIpc) is 2.06. The van der Waals surface area contributed by atoms with Crippen LogP contribution < -0.4 is 0 Å². The second-order valence-corrected chi connectivity index (χ2v) is 6.67. The van der Waals surface area contributed by atoms with Gasteiger partial charge in [-0.15, -0.1) is 0 Å². The Bertz CT molecular complexity index is 264. The van der Waals surface area contributed by atoms with E-state index in [9.17, 15) is 0 Å². The van der Waals surface area contributed by atoms with Crippen molar-refractivity contribution in [1.82, 2.24) is 0 Å². The Morgan fingerprint density at radius 3 is 3.08 bits per heavy atom. The van der Waals surface area contributed by atoms with Crippen molar-refractivity contribution >= 4 is 22.6 Å². The van der Waals surface area contributed by atoms with Crippen LogP contribution in [0, 0.1) is 11.8 Å². The first kappa shape index (κ1) is 9.75. The van der Waals surface area contributed by atoms with Crippen molar-refractivity contribution in [3.05, 3.63) is 23.8 Å². The Morgan fingerprint density at radius 1 is 1.54 bits per heavy atom. The van der Waals surface area contributed by atoms with Gasteiger partial charge in [0.1, 0.15) is 0 Å². The smallest absolute Gasteiger partial charge is 0.0469 e. The minimum atomic E-state index is 0.448. The second kappa shape index (κ2) is 3.41. The SMILES string of the molecule is CC1=C[C@@]2(I)CCC(C)CC2C=C1.